The summed E-state index contributed by atoms with van der Waals surface area (Å²) in [6, 6.07) is 8.52. The van der Waals surface area contributed by atoms with Gasteiger partial charge in [0.2, 0.25) is 5.76 Å². The Morgan fingerprint density at radius 1 is 1.12 bits per heavy atom. The first kappa shape index (κ1) is 29.3. The highest BCUT2D eigenvalue weighted by atomic mass is 16.6. The van der Waals surface area contributed by atoms with Crippen LogP contribution >= 0.6 is 0 Å². The van der Waals surface area contributed by atoms with Crippen LogP contribution in [0.5, 0.6) is 23.0 Å². The van der Waals surface area contributed by atoms with Crippen molar-refractivity contribution in [1.29, 1.82) is 0 Å². The van der Waals surface area contributed by atoms with E-state index >= 15 is 0 Å². The lowest BCUT2D eigenvalue weighted by Crippen LogP contribution is -2.51. The molecule has 2 aromatic rings. The summed E-state index contributed by atoms with van der Waals surface area (Å²) in [7, 11) is 1.60. The molecule has 4 aliphatic rings. The van der Waals surface area contributed by atoms with Crippen LogP contribution in [0.25, 0.3) is 5.57 Å². The maximum Gasteiger partial charge on any atom is 0.374 e. The van der Waals surface area contributed by atoms with Gasteiger partial charge >= 0.3 is 5.97 Å². The van der Waals surface area contributed by atoms with Crippen molar-refractivity contribution in [1.82, 2.24) is 5.32 Å². The number of aromatic hydroxyl groups is 1. The molecule has 1 aliphatic carbocycles. The number of phenolic OH excluding ortho intramolecular Hbond substituents is 1. The Kier molecular flexibility index (Phi) is 7.96. The third-order valence-corrected chi connectivity index (χ3v) is 9.42. The van der Waals surface area contributed by atoms with Crippen molar-refractivity contribution < 1.29 is 38.7 Å². The van der Waals surface area contributed by atoms with E-state index in [1.165, 1.54) is 0 Å². The van der Waals surface area contributed by atoms with Crippen LogP contribution in [0.2, 0.25) is 0 Å². The van der Waals surface area contributed by atoms with Gasteiger partial charge in [0.15, 0.2) is 0 Å². The zero-order chi connectivity index (χ0) is 30.3. The van der Waals surface area contributed by atoms with Crippen LogP contribution < -0.4 is 19.5 Å². The molecule has 2 aromatic carbocycles. The van der Waals surface area contributed by atoms with Crippen molar-refractivity contribution in [3.63, 3.8) is 0 Å². The van der Waals surface area contributed by atoms with Crippen LogP contribution in [0.15, 0.2) is 47.7 Å². The first-order valence-electron chi connectivity index (χ1n) is 15.2. The highest BCUT2D eigenvalue weighted by molar-refractivity contribution is 5.98. The molecule has 2 fully saturated rings. The first-order chi connectivity index (χ1) is 20.7. The van der Waals surface area contributed by atoms with E-state index in [9.17, 15) is 19.8 Å². The van der Waals surface area contributed by atoms with Gasteiger partial charge in [0.25, 0.3) is 0 Å². The van der Waals surface area contributed by atoms with Gasteiger partial charge in [-0.05, 0) is 87.9 Å². The van der Waals surface area contributed by atoms with Crippen molar-refractivity contribution in [3.05, 3.63) is 64.4 Å². The van der Waals surface area contributed by atoms with Crippen molar-refractivity contribution in [2.75, 3.05) is 26.8 Å². The number of ketones is 1. The number of nitrogens with one attached hydrogen (secondary N) is 1. The molecule has 3 atom stereocenters. The molecule has 3 N–H and O–H groups in total. The smallest absolute Gasteiger partial charge is 0.374 e. The molecule has 43 heavy (non-hydrogen) atoms. The monoisotopic (exact) mass is 589 g/mol. The number of allylic oxidation sites excluding steroid dienone is 3. The summed E-state index contributed by atoms with van der Waals surface area (Å²) in [4.78, 5) is 26.0. The van der Waals surface area contributed by atoms with Crippen molar-refractivity contribution >= 4 is 17.3 Å². The molecule has 0 aromatic heterocycles. The number of carbonyl (C=O) groups is 2. The number of carbonyl (C=O) groups excluding carboxylic acids is 2. The summed E-state index contributed by atoms with van der Waals surface area (Å²) in [6.45, 7) is 5.51. The third kappa shape index (κ3) is 5.40. The second-order valence-electron chi connectivity index (χ2n) is 12.0. The molecule has 1 saturated heterocycles. The number of hydrogen-bond acceptors (Lipinski definition) is 9. The molecule has 9 heteroatoms. The number of esters is 1. The number of phenols is 1. The van der Waals surface area contributed by atoms with Crippen LogP contribution in [0.4, 0.5) is 0 Å². The van der Waals surface area contributed by atoms with E-state index in [0.29, 0.717) is 48.5 Å². The Hall–Kier alpha value is -3.82. The number of ether oxygens (including phenoxy) is 4. The Morgan fingerprint density at radius 3 is 2.56 bits per heavy atom. The van der Waals surface area contributed by atoms with E-state index in [4.69, 9.17) is 18.9 Å². The Labute approximate surface area is 251 Å². The molecule has 3 heterocycles. The molecular weight excluding hydrogens is 550 g/mol. The van der Waals surface area contributed by atoms with Crippen LogP contribution in [-0.2, 0) is 20.7 Å². The van der Waals surface area contributed by atoms with Crippen LogP contribution in [0, 0.1) is 5.92 Å². The van der Waals surface area contributed by atoms with E-state index in [2.05, 4.69) is 5.32 Å². The molecule has 0 amide bonds. The lowest BCUT2D eigenvalue weighted by atomic mass is 9.76. The van der Waals surface area contributed by atoms with Gasteiger partial charge in [-0.3, -0.25) is 4.79 Å². The van der Waals surface area contributed by atoms with Gasteiger partial charge in [-0.15, -0.1) is 0 Å². The second-order valence-corrected chi connectivity index (χ2v) is 12.0. The van der Waals surface area contributed by atoms with Crippen LogP contribution in [-0.4, -0.2) is 60.5 Å². The highest BCUT2D eigenvalue weighted by Gasteiger charge is 2.46. The molecule has 1 saturated carbocycles. The quantitative estimate of drug-likeness (QED) is 0.415. The molecule has 0 bridgehead atoms. The summed E-state index contributed by atoms with van der Waals surface area (Å²) in [5.74, 6) is 1.00. The zero-order valence-corrected chi connectivity index (χ0v) is 24.9. The summed E-state index contributed by atoms with van der Waals surface area (Å²) in [5.41, 5.74) is 3.10. The minimum absolute atomic E-state index is 0.0492. The molecule has 3 unspecified atom stereocenters. The predicted molar refractivity (Wildman–Crippen MR) is 159 cm³/mol. The molecule has 6 rings (SSSR count). The lowest BCUT2D eigenvalue weighted by molar-refractivity contribution is -0.141. The Bertz CT molecular complexity index is 1480. The van der Waals surface area contributed by atoms with Gasteiger partial charge in [-0.1, -0.05) is 17.7 Å². The predicted octanol–water partition coefficient (Wildman–Crippen LogP) is 4.58. The standard InChI is InChI=1S/C34H39NO8/c1-4-41-33(38)29-16-24(20-7-10-26(37)23(15-20)19-5-8-22(36)9-6-19)31-28(42-29)18-27-25(32(31)40-3)17-30(43-27)34(2,39)21-11-13-35-14-12-21/h5-6,8-9,16,18,21,23,30,35-36,39H,4,7,10-15,17H2,1-3H3. The zero-order valence-electron chi connectivity index (χ0n) is 24.9. The minimum Gasteiger partial charge on any atom is -0.508 e. The largest absolute Gasteiger partial charge is 0.508 e. The van der Waals surface area contributed by atoms with E-state index in [1.807, 2.05) is 6.92 Å². The fraction of sp³-hybridized carbons (Fsp3) is 0.471. The third-order valence-electron chi connectivity index (χ3n) is 9.42. The SMILES string of the molecule is CCOC(=O)C1=CC(=C2CCC(=O)C(c3ccc(O)cc3)C2)c2c(cc3c(c2OC)CC(C(C)(O)C2CCNCC2)O3)O1. The number of rotatable bonds is 6. The Balaban J connectivity index is 1.43. The molecule has 228 valence electrons. The number of methoxy groups -OCH3 is 1. The van der Waals surface area contributed by atoms with Crippen molar-refractivity contribution in [3.8, 4) is 23.0 Å². The number of benzene rings is 2. The first-order valence-corrected chi connectivity index (χ1v) is 15.2. The van der Waals surface area contributed by atoms with E-state index < -0.39 is 17.7 Å². The average Bonchev–Trinajstić information content (AvgIpc) is 3.45. The molecule has 0 spiro atoms. The molecule has 0 radical (unpaired) electrons. The highest BCUT2D eigenvalue weighted by Crippen LogP contribution is 2.53. The summed E-state index contributed by atoms with van der Waals surface area (Å²) in [6.07, 6.45) is 4.76. The van der Waals surface area contributed by atoms with Gasteiger partial charge in [-0.25, -0.2) is 4.79 Å². The molecule has 9 nitrogen and oxygen atoms in total. The van der Waals surface area contributed by atoms with Crippen LogP contribution in [0.1, 0.15) is 68.6 Å². The van der Waals surface area contributed by atoms with Gasteiger partial charge in [0.1, 0.15) is 40.5 Å². The Morgan fingerprint density at radius 2 is 1.86 bits per heavy atom. The minimum atomic E-state index is -1.05. The van der Waals surface area contributed by atoms with E-state index in [0.717, 1.165) is 48.2 Å². The summed E-state index contributed by atoms with van der Waals surface area (Å²) < 4.78 is 23.9. The number of Topliss-reactive ketones (excluding diaryl/α,β-unsaturated/α-hetero) is 1. The summed E-state index contributed by atoms with van der Waals surface area (Å²) >= 11 is 0. The summed E-state index contributed by atoms with van der Waals surface area (Å²) in [5, 5.41) is 24.8. The average molecular weight is 590 g/mol. The van der Waals surface area contributed by atoms with Gasteiger partial charge in [-0.2, -0.15) is 0 Å². The molecule has 3 aliphatic heterocycles. The van der Waals surface area contributed by atoms with E-state index in [1.54, 1.807) is 50.4 Å². The van der Waals surface area contributed by atoms with Crippen molar-refractivity contribution in [2.45, 2.75) is 70.0 Å². The number of aliphatic hydroxyl groups is 1. The fourth-order valence-corrected chi connectivity index (χ4v) is 6.99. The van der Waals surface area contributed by atoms with Gasteiger partial charge < -0.3 is 34.5 Å². The van der Waals surface area contributed by atoms with Crippen LogP contribution in [0.3, 0.4) is 0 Å². The molecular formula is C34H39NO8. The lowest BCUT2D eigenvalue weighted by Gasteiger charge is -2.39. The number of piperidine rings is 1. The second kappa shape index (κ2) is 11.7. The van der Waals surface area contributed by atoms with E-state index in [-0.39, 0.29) is 35.7 Å². The maximum atomic E-state index is 13.1. The van der Waals surface area contributed by atoms with Crippen molar-refractivity contribution in [2.24, 2.45) is 5.92 Å². The topological polar surface area (TPSA) is 124 Å². The normalized spacial score (nSPS) is 25.0. The van der Waals surface area contributed by atoms with Gasteiger partial charge in [0, 0.05) is 30.4 Å². The van der Waals surface area contributed by atoms with Gasteiger partial charge in [0.05, 0.1) is 19.3 Å². The number of hydrogen-bond donors (Lipinski definition) is 3. The maximum absolute atomic E-state index is 13.1. The number of fused-ring (bicyclic) bond motifs is 2. The fourth-order valence-electron chi connectivity index (χ4n) is 6.99.